The van der Waals surface area contributed by atoms with E-state index in [1.807, 2.05) is 38.4 Å². The van der Waals surface area contributed by atoms with Crippen molar-refractivity contribution in [1.82, 2.24) is 9.47 Å². The number of carbonyl (C=O) groups is 1. The van der Waals surface area contributed by atoms with E-state index in [1.165, 1.54) is 4.57 Å². The first-order chi connectivity index (χ1) is 13.6. The average Bonchev–Trinajstić information content (AvgIpc) is 2.97. The standard InChI is InChI=1S/C20H31N2O6P/c1-15(2)27-29(24,28-16(3)4)26-14-25-20(23)22-13-17(11-12-21(5)6)18-9-7-8-10-19(18)22/h7-10,13,15-16H,11-12,14H2,1-6H3. The van der Waals surface area contributed by atoms with Crippen LogP contribution >= 0.6 is 7.82 Å². The Balaban J connectivity index is 2.10. The maximum Gasteiger partial charge on any atom is 0.478 e. The number of rotatable bonds is 10. The Labute approximate surface area is 172 Å². The largest absolute Gasteiger partial charge is 0.478 e. The first kappa shape index (κ1) is 23.6. The molecule has 0 aliphatic heterocycles. The molecule has 0 atom stereocenters. The lowest BCUT2D eigenvalue weighted by atomic mass is 10.1. The zero-order chi connectivity index (χ0) is 21.6. The lowest BCUT2D eigenvalue weighted by Crippen LogP contribution is -2.17. The number of nitrogens with zero attached hydrogens (tertiary/aromatic N) is 2. The van der Waals surface area contributed by atoms with Gasteiger partial charge in [0.25, 0.3) is 0 Å². The van der Waals surface area contributed by atoms with Crippen LogP contribution in [0.3, 0.4) is 0 Å². The van der Waals surface area contributed by atoms with Crippen LogP contribution in [-0.2, 0) is 29.3 Å². The van der Waals surface area contributed by atoms with E-state index in [0.29, 0.717) is 0 Å². The van der Waals surface area contributed by atoms with Gasteiger partial charge in [-0.3, -0.25) is 13.6 Å². The van der Waals surface area contributed by atoms with Crippen LogP contribution in [0.25, 0.3) is 10.9 Å². The molecule has 162 valence electrons. The number of carbonyl (C=O) groups excluding carboxylic acids is 1. The van der Waals surface area contributed by atoms with E-state index in [0.717, 1.165) is 29.4 Å². The third kappa shape index (κ3) is 6.94. The molecule has 0 unspecified atom stereocenters. The Morgan fingerprint density at radius 2 is 1.72 bits per heavy atom. The highest BCUT2D eigenvalue weighted by molar-refractivity contribution is 7.48. The smallest absolute Gasteiger partial charge is 0.421 e. The topological polar surface area (TPSA) is 79.2 Å². The van der Waals surface area contributed by atoms with Gasteiger partial charge >= 0.3 is 13.9 Å². The number of fused-ring (bicyclic) bond motifs is 1. The van der Waals surface area contributed by atoms with Gasteiger partial charge < -0.3 is 9.64 Å². The molecule has 0 saturated carbocycles. The molecule has 2 rings (SSSR count). The molecule has 0 amide bonds. The maximum absolute atomic E-state index is 12.6. The van der Waals surface area contributed by atoms with Gasteiger partial charge in [-0.15, -0.1) is 0 Å². The molecule has 8 nitrogen and oxygen atoms in total. The number of likely N-dealkylation sites (N-methyl/N-ethyl adjacent to an activating group) is 1. The van der Waals surface area contributed by atoms with E-state index < -0.39 is 20.7 Å². The van der Waals surface area contributed by atoms with Gasteiger partial charge in [0.1, 0.15) is 0 Å². The molecule has 1 aromatic carbocycles. The van der Waals surface area contributed by atoms with E-state index in [-0.39, 0.29) is 12.2 Å². The molecule has 29 heavy (non-hydrogen) atoms. The van der Waals surface area contributed by atoms with E-state index in [2.05, 4.69) is 4.90 Å². The minimum Gasteiger partial charge on any atom is -0.421 e. The average molecular weight is 426 g/mol. The van der Waals surface area contributed by atoms with Crippen molar-refractivity contribution in [3.63, 3.8) is 0 Å². The van der Waals surface area contributed by atoms with Crippen LogP contribution in [0.5, 0.6) is 0 Å². The summed E-state index contributed by atoms with van der Waals surface area (Å²) >= 11 is 0. The zero-order valence-electron chi connectivity index (χ0n) is 18.0. The number of benzene rings is 1. The highest BCUT2D eigenvalue weighted by Crippen LogP contribution is 2.51. The lowest BCUT2D eigenvalue weighted by molar-refractivity contribution is 0.00779. The second-order valence-corrected chi connectivity index (χ2v) is 9.08. The molecular weight excluding hydrogens is 395 g/mol. The van der Waals surface area contributed by atoms with Gasteiger partial charge in [-0.2, -0.15) is 0 Å². The highest BCUT2D eigenvalue weighted by Gasteiger charge is 2.30. The predicted octanol–water partition coefficient (Wildman–Crippen LogP) is 4.66. The molecule has 0 fully saturated rings. The maximum atomic E-state index is 12.6. The van der Waals surface area contributed by atoms with Gasteiger partial charge in [-0.25, -0.2) is 13.9 Å². The van der Waals surface area contributed by atoms with Gasteiger partial charge in [-0.05, 0) is 59.8 Å². The Bertz CT molecular complexity index is 848. The monoisotopic (exact) mass is 426 g/mol. The molecule has 0 bridgehead atoms. The van der Waals surface area contributed by atoms with Gasteiger partial charge in [0.2, 0.25) is 6.79 Å². The summed E-state index contributed by atoms with van der Waals surface area (Å²) < 4.78 is 35.0. The molecule has 0 spiro atoms. The SMILES string of the molecule is CC(C)OP(=O)(OCOC(=O)n1cc(CCN(C)C)c2ccccc21)OC(C)C. The summed E-state index contributed by atoms with van der Waals surface area (Å²) in [5.74, 6) is 0. The number of hydrogen-bond acceptors (Lipinski definition) is 7. The van der Waals surface area contributed by atoms with Crippen molar-refractivity contribution in [2.24, 2.45) is 0 Å². The number of phosphoric ester groups is 1. The molecular formula is C20H31N2O6P. The third-order valence-corrected chi connectivity index (χ3v) is 5.67. The fourth-order valence-corrected chi connectivity index (χ4v) is 4.14. The summed E-state index contributed by atoms with van der Waals surface area (Å²) in [5, 5.41) is 0.990. The fraction of sp³-hybridized carbons (Fsp3) is 0.550. The van der Waals surface area contributed by atoms with Crippen molar-refractivity contribution in [3.8, 4) is 0 Å². The van der Waals surface area contributed by atoms with E-state index >= 15 is 0 Å². The number of aromatic nitrogens is 1. The second kappa shape index (κ2) is 10.4. The van der Waals surface area contributed by atoms with E-state index in [1.54, 1.807) is 33.9 Å². The number of ether oxygens (including phenoxy) is 1. The van der Waals surface area contributed by atoms with Crippen LogP contribution in [0, 0.1) is 0 Å². The normalized spacial score (nSPS) is 12.4. The van der Waals surface area contributed by atoms with Crippen molar-refractivity contribution in [3.05, 3.63) is 36.0 Å². The fourth-order valence-electron chi connectivity index (χ4n) is 2.76. The molecule has 0 radical (unpaired) electrons. The molecule has 1 aromatic heterocycles. The number of para-hydroxylation sites is 1. The molecule has 0 aliphatic rings. The first-order valence-electron chi connectivity index (χ1n) is 9.63. The van der Waals surface area contributed by atoms with Crippen LogP contribution in [0.2, 0.25) is 0 Å². The number of hydrogen-bond donors (Lipinski definition) is 0. The molecule has 0 N–H and O–H groups in total. The number of phosphoric acid groups is 1. The van der Waals surface area contributed by atoms with Gasteiger partial charge in [-0.1, -0.05) is 18.2 Å². The van der Waals surface area contributed by atoms with Crippen molar-refractivity contribution in [2.75, 3.05) is 27.4 Å². The van der Waals surface area contributed by atoms with Crippen molar-refractivity contribution >= 4 is 24.8 Å². The lowest BCUT2D eigenvalue weighted by Gasteiger charge is -2.21. The molecule has 9 heteroatoms. The summed E-state index contributed by atoms with van der Waals surface area (Å²) in [6.45, 7) is 7.17. The predicted molar refractivity (Wildman–Crippen MR) is 112 cm³/mol. The summed E-state index contributed by atoms with van der Waals surface area (Å²) in [6, 6.07) is 7.62. The summed E-state index contributed by atoms with van der Waals surface area (Å²) in [7, 11) is 0.167. The molecule has 0 saturated heterocycles. The van der Waals surface area contributed by atoms with E-state index in [4.69, 9.17) is 18.3 Å². The van der Waals surface area contributed by atoms with E-state index in [9.17, 15) is 9.36 Å². The Morgan fingerprint density at radius 1 is 1.10 bits per heavy atom. The molecule has 2 aromatic rings. The van der Waals surface area contributed by atoms with Gasteiger partial charge in [0.05, 0.1) is 17.7 Å². The van der Waals surface area contributed by atoms with Crippen LogP contribution in [0.1, 0.15) is 33.3 Å². The Hall–Kier alpha value is -1.70. The minimum atomic E-state index is -3.84. The van der Waals surface area contributed by atoms with Crippen molar-refractivity contribution < 1.29 is 27.7 Å². The quantitative estimate of drug-likeness (QED) is 0.404. The highest BCUT2D eigenvalue weighted by atomic mass is 31.2. The molecule has 1 heterocycles. The van der Waals surface area contributed by atoms with Crippen LogP contribution < -0.4 is 0 Å². The van der Waals surface area contributed by atoms with Crippen LogP contribution in [0.15, 0.2) is 30.5 Å². The van der Waals surface area contributed by atoms with Crippen LogP contribution in [-0.4, -0.2) is 55.2 Å². The van der Waals surface area contributed by atoms with Crippen molar-refractivity contribution in [2.45, 2.75) is 46.3 Å². The Kier molecular flexibility index (Phi) is 8.43. The minimum absolute atomic E-state index is 0.372. The molecule has 0 aliphatic carbocycles. The Morgan fingerprint density at radius 3 is 2.31 bits per heavy atom. The van der Waals surface area contributed by atoms with Crippen LogP contribution in [0.4, 0.5) is 4.79 Å². The van der Waals surface area contributed by atoms with Gasteiger partial charge in [0.15, 0.2) is 0 Å². The third-order valence-electron chi connectivity index (χ3n) is 3.89. The second-order valence-electron chi connectivity index (χ2n) is 7.51. The van der Waals surface area contributed by atoms with Crippen molar-refractivity contribution in [1.29, 1.82) is 0 Å². The van der Waals surface area contributed by atoms with Gasteiger partial charge in [0, 0.05) is 18.1 Å². The summed E-state index contributed by atoms with van der Waals surface area (Å²) in [6.07, 6.45) is 1.19. The first-order valence-corrected chi connectivity index (χ1v) is 11.1. The summed E-state index contributed by atoms with van der Waals surface area (Å²) in [4.78, 5) is 14.7. The summed E-state index contributed by atoms with van der Waals surface area (Å²) in [5.41, 5.74) is 1.79. The zero-order valence-corrected chi connectivity index (χ0v) is 18.8.